The third-order valence-corrected chi connectivity index (χ3v) is 14.7. The number of para-hydroxylation sites is 1. The normalized spacial score (nSPS) is 40.0. The van der Waals surface area contributed by atoms with E-state index in [4.69, 9.17) is 4.42 Å². The predicted molar refractivity (Wildman–Crippen MR) is 177 cm³/mol. The number of hydrogen-bond acceptors (Lipinski definition) is 1. The minimum atomic E-state index is 0.738. The minimum absolute atomic E-state index is 0.738. The standard InChI is InChI=1S/C42H48O/c1-2-11-30-29(10-1)33-13-6-15-35-31-20-18-27(23-37(31)36-16-7-14-34(30)42(36)41(33)35)25-8-5-9-26(22-25)28-19-21-40-38(24-28)32-12-3-4-17-39(32)43-40/h3-5,8-9,12,17,19,21-22,24,27,29-31,33-37,41-42H,1-2,6-7,10-11,13-16,18,20,23H2. The first-order valence-electron chi connectivity index (χ1n) is 18.3. The summed E-state index contributed by atoms with van der Waals surface area (Å²) in [5, 5.41) is 2.46. The van der Waals surface area contributed by atoms with Crippen LogP contribution in [-0.4, -0.2) is 0 Å². The number of fused-ring (bicyclic) bond motifs is 9. The molecule has 11 atom stereocenters. The summed E-state index contributed by atoms with van der Waals surface area (Å²) < 4.78 is 6.14. The van der Waals surface area contributed by atoms with E-state index in [9.17, 15) is 0 Å². The Morgan fingerprint density at radius 2 is 1.07 bits per heavy atom. The largest absolute Gasteiger partial charge is 0.456 e. The topological polar surface area (TPSA) is 13.1 Å². The highest BCUT2D eigenvalue weighted by Crippen LogP contribution is 2.69. The van der Waals surface area contributed by atoms with Crippen LogP contribution < -0.4 is 0 Å². The van der Waals surface area contributed by atoms with Gasteiger partial charge in [0.15, 0.2) is 0 Å². The van der Waals surface area contributed by atoms with Crippen LogP contribution in [0.5, 0.6) is 0 Å². The SMILES string of the molecule is c1cc(-c2ccc3oc4ccccc4c3c2)cc(C2CCC3C(C2)C2CCCC4C5CCCCC5C5CCCC3C5C42)c1. The van der Waals surface area contributed by atoms with E-state index in [-0.39, 0.29) is 0 Å². The van der Waals surface area contributed by atoms with E-state index in [1.54, 1.807) is 50.5 Å². The van der Waals surface area contributed by atoms with Crippen molar-refractivity contribution in [3.63, 3.8) is 0 Å². The fourth-order valence-corrected chi connectivity index (χ4v) is 13.4. The van der Waals surface area contributed by atoms with Crippen LogP contribution in [-0.2, 0) is 0 Å². The third kappa shape index (κ3) is 3.88. The van der Waals surface area contributed by atoms with Crippen LogP contribution in [0.1, 0.15) is 95.0 Å². The first kappa shape index (κ1) is 25.8. The Bertz CT molecular complexity index is 1660. The quantitative estimate of drug-likeness (QED) is 0.234. The summed E-state index contributed by atoms with van der Waals surface area (Å²) in [6.45, 7) is 0. The van der Waals surface area contributed by atoms with Crippen molar-refractivity contribution in [1.82, 2.24) is 0 Å². The summed E-state index contributed by atoms with van der Waals surface area (Å²) in [5.41, 5.74) is 6.29. The molecule has 11 unspecified atom stereocenters. The summed E-state index contributed by atoms with van der Waals surface area (Å²) in [6.07, 6.45) is 20.0. The highest BCUT2D eigenvalue weighted by Gasteiger charge is 2.62. The van der Waals surface area contributed by atoms with Crippen molar-refractivity contribution in [2.45, 2.75) is 89.4 Å². The number of benzene rings is 3. The molecule has 3 aromatic carbocycles. The van der Waals surface area contributed by atoms with Crippen molar-refractivity contribution >= 4 is 21.9 Å². The molecule has 1 heterocycles. The first-order chi connectivity index (χ1) is 21.3. The van der Waals surface area contributed by atoms with Gasteiger partial charge in [-0.3, -0.25) is 0 Å². The van der Waals surface area contributed by atoms with Crippen LogP contribution in [0, 0.1) is 59.2 Å². The van der Waals surface area contributed by atoms with Crippen LogP contribution in [0.4, 0.5) is 0 Å². The van der Waals surface area contributed by atoms with Gasteiger partial charge in [0.25, 0.3) is 0 Å². The Balaban J connectivity index is 0.971. The Labute approximate surface area is 257 Å². The number of hydrogen-bond donors (Lipinski definition) is 0. The summed E-state index contributed by atoms with van der Waals surface area (Å²) in [5.74, 6) is 11.5. The lowest BCUT2D eigenvalue weighted by Gasteiger charge is -2.67. The van der Waals surface area contributed by atoms with Gasteiger partial charge >= 0.3 is 0 Å². The molecular weight excluding hydrogens is 520 g/mol. The lowest BCUT2D eigenvalue weighted by molar-refractivity contribution is -0.188. The average molecular weight is 569 g/mol. The van der Waals surface area contributed by atoms with Gasteiger partial charge in [0.2, 0.25) is 0 Å². The van der Waals surface area contributed by atoms with E-state index < -0.39 is 0 Å². The zero-order valence-corrected chi connectivity index (χ0v) is 25.8. The molecule has 0 N–H and O–H groups in total. The van der Waals surface area contributed by atoms with E-state index in [0.29, 0.717) is 0 Å². The molecule has 4 aromatic rings. The second kappa shape index (κ2) is 9.98. The van der Waals surface area contributed by atoms with E-state index in [2.05, 4.69) is 66.7 Å². The van der Waals surface area contributed by atoms with Crippen LogP contribution in [0.25, 0.3) is 33.1 Å². The lowest BCUT2D eigenvalue weighted by atomic mass is 9.37. The average Bonchev–Trinajstić information content (AvgIpc) is 3.46. The van der Waals surface area contributed by atoms with Crippen molar-refractivity contribution in [2.24, 2.45) is 59.2 Å². The Morgan fingerprint density at radius 3 is 1.84 bits per heavy atom. The van der Waals surface area contributed by atoms with Gasteiger partial charge in [-0.05, 0) is 158 Å². The summed E-state index contributed by atoms with van der Waals surface area (Å²) in [4.78, 5) is 0. The van der Waals surface area contributed by atoms with Crippen LogP contribution in [0.3, 0.4) is 0 Å². The van der Waals surface area contributed by atoms with E-state index in [1.165, 1.54) is 60.4 Å². The van der Waals surface area contributed by atoms with E-state index in [0.717, 1.165) is 76.3 Å². The maximum absolute atomic E-state index is 6.14. The molecule has 6 fully saturated rings. The first-order valence-corrected chi connectivity index (χ1v) is 18.3. The maximum Gasteiger partial charge on any atom is 0.135 e. The molecule has 1 nitrogen and oxygen atoms in total. The molecule has 6 aliphatic rings. The van der Waals surface area contributed by atoms with Gasteiger partial charge in [0, 0.05) is 10.8 Å². The van der Waals surface area contributed by atoms with E-state index in [1.807, 2.05) is 0 Å². The van der Waals surface area contributed by atoms with Gasteiger partial charge in [0.1, 0.15) is 11.2 Å². The molecule has 0 spiro atoms. The van der Waals surface area contributed by atoms with Gasteiger partial charge < -0.3 is 4.42 Å². The lowest BCUT2D eigenvalue weighted by Crippen LogP contribution is -2.61. The summed E-state index contributed by atoms with van der Waals surface area (Å²) in [7, 11) is 0. The molecule has 6 aliphatic carbocycles. The van der Waals surface area contributed by atoms with Crippen LogP contribution in [0.2, 0.25) is 0 Å². The summed E-state index contributed by atoms with van der Waals surface area (Å²) >= 11 is 0. The van der Waals surface area contributed by atoms with Gasteiger partial charge in [0.05, 0.1) is 0 Å². The molecule has 43 heavy (non-hydrogen) atoms. The van der Waals surface area contributed by atoms with Gasteiger partial charge in [-0.1, -0.05) is 74.2 Å². The monoisotopic (exact) mass is 568 g/mol. The molecule has 0 bridgehead atoms. The van der Waals surface area contributed by atoms with Crippen molar-refractivity contribution in [3.8, 4) is 11.1 Å². The van der Waals surface area contributed by atoms with Crippen molar-refractivity contribution in [2.75, 3.05) is 0 Å². The van der Waals surface area contributed by atoms with Crippen molar-refractivity contribution in [1.29, 1.82) is 0 Å². The fourth-order valence-electron chi connectivity index (χ4n) is 13.4. The Morgan fingerprint density at radius 1 is 0.442 bits per heavy atom. The van der Waals surface area contributed by atoms with Crippen LogP contribution >= 0.6 is 0 Å². The molecule has 1 heteroatoms. The minimum Gasteiger partial charge on any atom is -0.456 e. The van der Waals surface area contributed by atoms with Gasteiger partial charge in [-0.25, -0.2) is 0 Å². The fraction of sp³-hybridized carbons (Fsp3) is 0.571. The molecule has 0 amide bonds. The zero-order chi connectivity index (χ0) is 28.1. The molecule has 0 saturated heterocycles. The van der Waals surface area contributed by atoms with Gasteiger partial charge in [-0.15, -0.1) is 0 Å². The van der Waals surface area contributed by atoms with E-state index >= 15 is 0 Å². The van der Waals surface area contributed by atoms with Gasteiger partial charge in [-0.2, -0.15) is 0 Å². The Hall–Kier alpha value is -2.54. The third-order valence-electron chi connectivity index (χ3n) is 14.7. The second-order valence-corrected chi connectivity index (χ2v) is 16.1. The highest BCUT2D eigenvalue weighted by molar-refractivity contribution is 6.06. The maximum atomic E-state index is 6.14. The molecule has 10 rings (SSSR count). The molecule has 222 valence electrons. The molecular formula is C42H48O. The predicted octanol–water partition coefficient (Wildman–Crippen LogP) is 11.7. The Kier molecular flexibility index (Phi) is 5.98. The van der Waals surface area contributed by atoms with Crippen LogP contribution in [0.15, 0.2) is 71.1 Å². The number of rotatable bonds is 2. The smallest absolute Gasteiger partial charge is 0.135 e. The molecule has 0 radical (unpaired) electrons. The molecule has 6 saturated carbocycles. The van der Waals surface area contributed by atoms with Crippen molar-refractivity contribution < 1.29 is 4.42 Å². The second-order valence-electron chi connectivity index (χ2n) is 16.1. The highest BCUT2D eigenvalue weighted by atomic mass is 16.3. The van der Waals surface area contributed by atoms with Crippen molar-refractivity contribution in [3.05, 3.63) is 72.3 Å². The molecule has 1 aromatic heterocycles. The summed E-state index contributed by atoms with van der Waals surface area (Å²) in [6, 6.07) is 25.0. The molecule has 0 aliphatic heterocycles. The number of furan rings is 1. The zero-order valence-electron chi connectivity index (χ0n) is 25.8.